The Balaban J connectivity index is 1.42. The number of hydrogen-bond donors (Lipinski definition) is 0. The van der Waals surface area contributed by atoms with E-state index < -0.39 is 5.60 Å². The Hall–Kier alpha value is -2.71. The molecule has 8 heteroatoms. The van der Waals surface area contributed by atoms with Gasteiger partial charge in [0.2, 0.25) is 5.88 Å². The largest absolute Gasteiger partial charge is 0.475 e. The Kier molecular flexibility index (Phi) is 5.87. The first kappa shape index (κ1) is 20.6. The van der Waals surface area contributed by atoms with Gasteiger partial charge in [-0.25, -0.2) is 9.78 Å². The second-order valence-corrected chi connectivity index (χ2v) is 9.02. The van der Waals surface area contributed by atoms with Crippen molar-refractivity contribution in [3.63, 3.8) is 0 Å². The summed E-state index contributed by atoms with van der Waals surface area (Å²) < 4.78 is 18.2. The Morgan fingerprint density at radius 3 is 2.83 bits per heavy atom. The molecule has 0 radical (unpaired) electrons. The highest BCUT2D eigenvalue weighted by Crippen LogP contribution is 2.33. The lowest BCUT2D eigenvalue weighted by atomic mass is 10.1. The summed E-state index contributed by atoms with van der Waals surface area (Å²) in [5.41, 5.74) is 2.52. The van der Waals surface area contributed by atoms with Crippen LogP contribution in [0.5, 0.6) is 5.88 Å². The molecule has 0 bridgehead atoms. The summed E-state index contributed by atoms with van der Waals surface area (Å²) in [6.45, 7) is 7.29. The summed E-state index contributed by atoms with van der Waals surface area (Å²) >= 11 is 1.65. The summed E-state index contributed by atoms with van der Waals surface area (Å²) in [5, 5.41) is 2.10. The average molecular weight is 428 g/mol. The number of fused-ring (bicyclic) bond motifs is 1. The fourth-order valence-electron chi connectivity index (χ4n) is 3.20. The summed E-state index contributed by atoms with van der Waals surface area (Å²) in [5.74, 6) is 0.536. The van der Waals surface area contributed by atoms with Crippen LogP contribution in [0.2, 0.25) is 0 Å². The van der Waals surface area contributed by atoms with Crippen molar-refractivity contribution in [2.24, 2.45) is 0 Å². The second kappa shape index (κ2) is 8.57. The highest BCUT2D eigenvalue weighted by molar-refractivity contribution is 7.17. The summed E-state index contributed by atoms with van der Waals surface area (Å²) in [7, 11) is 0. The predicted molar refractivity (Wildman–Crippen MR) is 116 cm³/mol. The summed E-state index contributed by atoms with van der Waals surface area (Å²) in [6, 6.07) is 7.82. The van der Waals surface area contributed by atoms with E-state index in [0.29, 0.717) is 32.2 Å². The minimum absolute atomic E-state index is 0.231. The van der Waals surface area contributed by atoms with Crippen LogP contribution in [0.25, 0.3) is 21.3 Å². The third-order valence-corrected chi connectivity index (χ3v) is 5.53. The number of hydrogen-bond acceptors (Lipinski definition) is 7. The molecule has 0 aromatic carbocycles. The predicted octanol–water partition coefficient (Wildman–Crippen LogP) is 4.37. The lowest BCUT2D eigenvalue weighted by molar-refractivity contribution is -0.0561. The molecule has 1 saturated heterocycles. The molecule has 0 spiro atoms. The summed E-state index contributed by atoms with van der Waals surface area (Å²) in [4.78, 5) is 22.8. The van der Waals surface area contributed by atoms with Gasteiger partial charge >= 0.3 is 6.09 Å². The lowest BCUT2D eigenvalue weighted by Crippen LogP contribution is -2.49. The van der Waals surface area contributed by atoms with E-state index in [2.05, 4.69) is 10.4 Å². The van der Waals surface area contributed by atoms with Gasteiger partial charge in [-0.05, 0) is 44.5 Å². The first-order valence-electron chi connectivity index (χ1n) is 9.90. The maximum absolute atomic E-state index is 12.3. The molecule has 1 fully saturated rings. The van der Waals surface area contributed by atoms with Crippen LogP contribution in [0.15, 0.2) is 42.0 Å². The van der Waals surface area contributed by atoms with Crippen molar-refractivity contribution in [3.05, 3.63) is 42.0 Å². The van der Waals surface area contributed by atoms with Crippen molar-refractivity contribution in [2.45, 2.75) is 32.5 Å². The molecule has 1 aliphatic heterocycles. The zero-order valence-corrected chi connectivity index (χ0v) is 18.1. The Labute approximate surface area is 179 Å². The van der Waals surface area contributed by atoms with E-state index in [4.69, 9.17) is 19.2 Å². The fourth-order valence-corrected chi connectivity index (χ4v) is 4.11. The van der Waals surface area contributed by atoms with Crippen LogP contribution in [0.3, 0.4) is 0 Å². The van der Waals surface area contributed by atoms with Gasteiger partial charge in [0.1, 0.15) is 18.3 Å². The van der Waals surface area contributed by atoms with Crippen LogP contribution in [0.1, 0.15) is 20.8 Å². The maximum Gasteiger partial charge on any atom is 0.410 e. The van der Waals surface area contributed by atoms with E-state index in [1.54, 1.807) is 28.6 Å². The molecule has 0 aliphatic carbocycles. The molecule has 30 heavy (non-hydrogen) atoms. The minimum Gasteiger partial charge on any atom is -0.475 e. The number of nitrogens with zero attached hydrogens (tertiary/aromatic N) is 3. The lowest BCUT2D eigenvalue weighted by Gasteiger charge is -2.34. The number of pyridine rings is 2. The third-order valence-electron chi connectivity index (χ3n) is 4.59. The van der Waals surface area contributed by atoms with E-state index in [1.165, 1.54) is 0 Å². The van der Waals surface area contributed by atoms with Gasteiger partial charge in [-0.1, -0.05) is 0 Å². The van der Waals surface area contributed by atoms with E-state index in [0.717, 1.165) is 21.3 Å². The SMILES string of the molecule is CC(C)(C)OC(=O)N1CCOC(COc2ccc3scc(-c4ccncc4)c3n2)C1. The Morgan fingerprint density at radius 2 is 2.07 bits per heavy atom. The molecule has 1 unspecified atom stereocenters. The van der Waals surface area contributed by atoms with Crippen LogP contribution in [0, 0.1) is 0 Å². The number of aromatic nitrogens is 2. The first-order valence-corrected chi connectivity index (χ1v) is 10.8. The minimum atomic E-state index is -0.520. The quantitative estimate of drug-likeness (QED) is 0.615. The molecule has 158 valence electrons. The van der Waals surface area contributed by atoms with Gasteiger partial charge in [-0.15, -0.1) is 11.3 Å². The number of carbonyl (C=O) groups is 1. The van der Waals surface area contributed by atoms with Gasteiger partial charge in [0.15, 0.2) is 0 Å². The zero-order chi connectivity index (χ0) is 21.1. The molecule has 4 heterocycles. The van der Waals surface area contributed by atoms with Crippen LogP contribution in [-0.4, -0.2) is 59.0 Å². The molecule has 3 aromatic rings. The van der Waals surface area contributed by atoms with Crippen molar-refractivity contribution in [1.82, 2.24) is 14.9 Å². The van der Waals surface area contributed by atoms with E-state index in [9.17, 15) is 4.79 Å². The second-order valence-electron chi connectivity index (χ2n) is 8.11. The molecule has 4 rings (SSSR count). The van der Waals surface area contributed by atoms with Crippen LogP contribution in [-0.2, 0) is 9.47 Å². The maximum atomic E-state index is 12.3. The molecular weight excluding hydrogens is 402 g/mol. The number of carbonyl (C=O) groups excluding carboxylic acids is 1. The molecule has 1 amide bonds. The smallest absolute Gasteiger partial charge is 0.410 e. The van der Waals surface area contributed by atoms with E-state index in [1.807, 2.05) is 45.0 Å². The highest BCUT2D eigenvalue weighted by atomic mass is 32.1. The van der Waals surface area contributed by atoms with Gasteiger partial charge < -0.3 is 19.1 Å². The normalized spacial score (nSPS) is 17.2. The standard InChI is InChI=1S/C22H25N3O4S/c1-22(2,3)29-21(26)25-10-11-27-16(12-25)13-28-19-5-4-18-20(24-19)17(14-30-18)15-6-8-23-9-7-15/h4-9,14,16H,10-13H2,1-3H3. The molecule has 0 N–H and O–H groups in total. The van der Waals surface area contributed by atoms with Gasteiger partial charge in [0.05, 0.1) is 23.4 Å². The summed E-state index contributed by atoms with van der Waals surface area (Å²) in [6.07, 6.45) is 2.99. The monoisotopic (exact) mass is 427 g/mol. The molecule has 7 nitrogen and oxygen atoms in total. The van der Waals surface area contributed by atoms with E-state index in [-0.39, 0.29) is 12.2 Å². The van der Waals surface area contributed by atoms with Crippen LogP contribution in [0.4, 0.5) is 4.79 Å². The number of ether oxygens (including phenoxy) is 3. The number of amides is 1. The third kappa shape index (κ3) is 4.88. The molecule has 1 atom stereocenters. The van der Waals surface area contributed by atoms with Gasteiger partial charge in [0, 0.05) is 35.9 Å². The van der Waals surface area contributed by atoms with E-state index >= 15 is 0 Å². The first-order chi connectivity index (χ1) is 14.4. The van der Waals surface area contributed by atoms with Crippen molar-refractivity contribution >= 4 is 27.6 Å². The molecule has 3 aromatic heterocycles. The molecule has 1 aliphatic rings. The van der Waals surface area contributed by atoms with Gasteiger partial charge in [0.25, 0.3) is 0 Å². The van der Waals surface area contributed by atoms with Crippen LogP contribution >= 0.6 is 11.3 Å². The topological polar surface area (TPSA) is 73.8 Å². The van der Waals surface area contributed by atoms with Crippen LogP contribution < -0.4 is 4.74 Å². The average Bonchev–Trinajstić information content (AvgIpc) is 3.15. The van der Waals surface area contributed by atoms with Crippen molar-refractivity contribution in [1.29, 1.82) is 0 Å². The van der Waals surface area contributed by atoms with Crippen molar-refractivity contribution < 1.29 is 19.0 Å². The van der Waals surface area contributed by atoms with Gasteiger partial charge in [-0.3, -0.25) is 4.98 Å². The number of rotatable bonds is 4. The molecule has 0 saturated carbocycles. The van der Waals surface area contributed by atoms with Gasteiger partial charge in [-0.2, -0.15) is 0 Å². The fraction of sp³-hybridized carbons (Fsp3) is 0.409. The zero-order valence-electron chi connectivity index (χ0n) is 17.3. The Morgan fingerprint density at radius 1 is 1.27 bits per heavy atom. The molecular formula is C22H25N3O4S. The van der Waals surface area contributed by atoms with Crippen molar-refractivity contribution in [3.8, 4) is 17.0 Å². The number of thiophene rings is 1. The Bertz CT molecular complexity index is 1020. The number of morpholine rings is 1. The highest BCUT2D eigenvalue weighted by Gasteiger charge is 2.28. The van der Waals surface area contributed by atoms with Crippen molar-refractivity contribution in [2.75, 3.05) is 26.3 Å².